The summed E-state index contributed by atoms with van der Waals surface area (Å²) in [7, 11) is 0. The van der Waals surface area contributed by atoms with E-state index in [-0.39, 0.29) is 25.4 Å². The summed E-state index contributed by atoms with van der Waals surface area (Å²) in [4.78, 5) is 36.7. The number of rotatable bonds is 8. The van der Waals surface area contributed by atoms with Crippen molar-refractivity contribution in [2.24, 2.45) is 0 Å². The number of nitrogens with one attached hydrogen (secondary N) is 1. The molecule has 0 aliphatic carbocycles. The van der Waals surface area contributed by atoms with Gasteiger partial charge in [0.15, 0.2) is 0 Å². The van der Waals surface area contributed by atoms with Crippen LogP contribution in [0, 0.1) is 0 Å². The predicted octanol–water partition coefficient (Wildman–Crippen LogP) is 0.361. The first-order valence-corrected chi connectivity index (χ1v) is 6.48. The number of carboxylic acids is 1. The molecule has 0 aromatic heterocycles. The molecule has 0 heterocycles. The monoisotopic (exact) mass is 273 g/mol. The van der Waals surface area contributed by atoms with E-state index in [1.807, 2.05) is 13.8 Å². The van der Waals surface area contributed by atoms with E-state index in [4.69, 9.17) is 5.11 Å². The Kier molecular flexibility index (Phi) is 8.32. The van der Waals surface area contributed by atoms with Gasteiger partial charge in [-0.2, -0.15) is 0 Å². The van der Waals surface area contributed by atoms with Crippen LogP contribution in [-0.4, -0.2) is 65.5 Å². The van der Waals surface area contributed by atoms with Gasteiger partial charge in [0.05, 0.1) is 0 Å². The van der Waals surface area contributed by atoms with Crippen molar-refractivity contribution in [1.82, 2.24) is 15.1 Å². The summed E-state index contributed by atoms with van der Waals surface area (Å²) >= 11 is 0. The molecule has 0 fully saturated rings. The largest absolute Gasteiger partial charge is 0.480 e. The molecule has 0 radical (unpaired) electrons. The number of nitrogens with zero attached hydrogens (tertiary/aromatic N) is 2. The van der Waals surface area contributed by atoms with Crippen LogP contribution in [-0.2, 0) is 9.59 Å². The number of carbonyl (C=O) groups excluding carboxylic acids is 2. The summed E-state index contributed by atoms with van der Waals surface area (Å²) < 4.78 is 0. The van der Waals surface area contributed by atoms with Gasteiger partial charge < -0.3 is 20.2 Å². The second-order valence-corrected chi connectivity index (χ2v) is 3.96. The second-order valence-electron chi connectivity index (χ2n) is 3.96. The summed E-state index contributed by atoms with van der Waals surface area (Å²) in [6.07, 6.45) is 0.220. The maximum Gasteiger partial charge on any atom is 0.323 e. The number of aliphatic carboxylic acids is 1. The minimum Gasteiger partial charge on any atom is -0.480 e. The van der Waals surface area contributed by atoms with Gasteiger partial charge in [-0.15, -0.1) is 0 Å². The first-order chi connectivity index (χ1) is 8.96. The molecule has 0 spiro atoms. The fraction of sp³-hybridized carbons (Fsp3) is 0.750. The lowest BCUT2D eigenvalue weighted by atomic mass is 10.3. The van der Waals surface area contributed by atoms with E-state index in [0.29, 0.717) is 19.6 Å². The predicted molar refractivity (Wildman–Crippen MR) is 70.8 cm³/mol. The van der Waals surface area contributed by atoms with Crippen LogP contribution in [0.1, 0.15) is 27.2 Å². The number of hydrogen-bond acceptors (Lipinski definition) is 3. The number of hydrogen-bond donors (Lipinski definition) is 2. The fourth-order valence-corrected chi connectivity index (χ4v) is 1.61. The Morgan fingerprint density at radius 3 is 1.95 bits per heavy atom. The molecular formula is C12H23N3O4. The van der Waals surface area contributed by atoms with Crippen molar-refractivity contribution in [3.63, 3.8) is 0 Å². The molecule has 0 rings (SSSR count). The zero-order chi connectivity index (χ0) is 14.8. The van der Waals surface area contributed by atoms with Gasteiger partial charge in [0.1, 0.15) is 6.54 Å². The number of likely N-dealkylation sites (N-methyl/N-ethyl adjacent to an activating group) is 1. The molecule has 0 saturated carbocycles. The normalized spacial score (nSPS) is 9.84. The second kappa shape index (κ2) is 9.18. The van der Waals surface area contributed by atoms with Crippen LogP contribution < -0.4 is 5.32 Å². The molecule has 3 amide bonds. The van der Waals surface area contributed by atoms with Gasteiger partial charge in [-0.25, -0.2) is 4.79 Å². The zero-order valence-electron chi connectivity index (χ0n) is 11.8. The van der Waals surface area contributed by atoms with Crippen LogP contribution in [0.5, 0.6) is 0 Å². The Hall–Kier alpha value is -1.79. The zero-order valence-corrected chi connectivity index (χ0v) is 11.8. The maximum atomic E-state index is 11.7. The smallest absolute Gasteiger partial charge is 0.323 e. The van der Waals surface area contributed by atoms with E-state index in [2.05, 4.69) is 5.32 Å². The Balaban J connectivity index is 4.08. The number of carboxylic acid groups (broad SMARTS) is 1. The van der Waals surface area contributed by atoms with Gasteiger partial charge in [0, 0.05) is 32.6 Å². The van der Waals surface area contributed by atoms with Crippen molar-refractivity contribution in [3.8, 4) is 0 Å². The Morgan fingerprint density at radius 1 is 1.00 bits per heavy atom. The van der Waals surface area contributed by atoms with Gasteiger partial charge in [-0.1, -0.05) is 0 Å². The molecule has 110 valence electrons. The van der Waals surface area contributed by atoms with E-state index in [1.54, 1.807) is 11.8 Å². The molecule has 0 aliphatic rings. The summed E-state index contributed by atoms with van der Waals surface area (Å²) in [5.74, 6) is -1.08. The van der Waals surface area contributed by atoms with Crippen LogP contribution >= 0.6 is 0 Å². The third kappa shape index (κ3) is 6.64. The number of amides is 3. The lowest BCUT2D eigenvalue weighted by Crippen LogP contribution is -2.43. The minimum absolute atomic E-state index is 0.0217. The van der Waals surface area contributed by atoms with Crippen LogP contribution in [0.4, 0.5) is 4.79 Å². The van der Waals surface area contributed by atoms with E-state index >= 15 is 0 Å². The molecule has 0 atom stereocenters. The van der Waals surface area contributed by atoms with Gasteiger partial charge in [-0.05, 0) is 20.8 Å². The summed E-state index contributed by atoms with van der Waals surface area (Å²) in [6.45, 7) is 6.95. The quantitative estimate of drug-likeness (QED) is 0.668. The minimum atomic E-state index is -1.06. The topological polar surface area (TPSA) is 90.0 Å². The van der Waals surface area contributed by atoms with Crippen molar-refractivity contribution in [2.45, 2.75) is 27.2 Å². The average Bonchev–Trinajstić information content (AvgIpc) is 2.36. The van der Waals surface area contributed by atoms with Crippen LogP contribution in [0.3, 0.4) is 0 Å². The standard InChI is InChI=1S/C12H23N3O4/c1-4-14(5-2)10(16)7-8-13-12(19)15(6-3)9-11(17)18/h4-9H2,1-3H3,(H,13,19)(H,17,18). The van der Waals surface area contributed by atoms with E-state index in [0.717, 1.165) is 0 Å². The SMILES string of the molecule is CCN(CC)C(=O)CCNC(=O)N(CC)CC(=O)O. The van der Waals surface area contributed by atoms with E-state index in [9.17, 15) is 14.4 Å². The van der Waals surface area contributed by atoms with Crippen molar-refractivity contribution in [2.75, 3.05) is 32.7 Å². The van der Waals surface area contributed by atoms with Gasteiger partial charge >= 0.3 is 12.0 Å². The lowest BCUT2D eigenvalue weighted by molar-refractivity contribution is -0.137. The molecule has 7 nitrogen and oxygen atoms in total. The highest BCUT2D eigenvalue weighted by Gasteiger charge is 2.15. The first kappa shape index (κ1) is 17.2. The lowest BCUT2D eigenvalue weighted by Gasteiger charge is -2.21. The third-order valence-corrected chi connectivity index (χ3v) is 2.73. The molecule has 7 heteroatoms. The molecule has 0 bridgehead atoms. The first-order valence-electron chi connectivity index (χ1n) is 6.48. The molecule has 19 heavy (non-hydrogen) atoms. The number of carbonyl (C=O) groups is 3. The molecule has 0 aliphatic heterocycles. The summed E-state index contributed by atoms with van der Waals surface area (Å²) in [6, 6.07) is -0.461. The van der Waals surface area contributed by atoms with Gasteiger partial charge in [0.25, 0.3) is 0 Å². The van der Waals surface area contributed by atoms with E-state index in [1.165, 1.54) is 4.90 Å². The third-order valence-electron chi connectivity index (χ3n) is 2.73. The molecule has 0 aromatic carbocycles. The summed E-state index contributed by atoms with van der Waals surface area (Å²) in [5, 5.41) is 11.2. The molecule has 2 N–H and O–H groups in total. The number of urea groups is 1. The maximum absolute atomic E-state index is 11.7. The molecule has 0 unspecified atom stereocenters. The summed E-state index contributed by atoms with van der Waals surface area (Å²) in [5.41, 5.74) is 0. The Labute approximate surface area is 113 Å². The van der Waals surface area contributed by atoms with Crippen molar-refractivity contribution in [1.29, 1.82) is 0 Å². The Bertz CT molecular complexity index is 316. The highest BCUT2D eigenvalue weighted by atomic mass is 16.4. The molecular weight excluding hydrogens is 250 g/mol. The fourth-order valence-electron chi connectivity index (χ4n) is 1.61. The van der Waals surface area contributed by atoms with Crippen LogP contribution in [0.25, 0.3) is 0 Å². The molecule has 0 saturated heterocycles. The Morgan fingerprint density at radius 2 is 1.53 bits per heavy atom. The van der Waals surface area contributed by atoms with Crippen LogP contribution in [0.2, 0.25) is 0 Å². The average molecular weight is 273 g/mol. The van der Waals surface area contributed by atoms with Crippen LogP contribution in [0.15, 0.2) is 0 Å². The van der Waals surface area contributed by atoms with Crippen molar-refractivity contribution < 1.29 is 19.5 Å². The van der Waals surface area contributed by atoms with Crippen molar-refractivity contribution in [3.05, 3.63) is 0 Å². The van der Waals surface area contributed by atoms with Gasteiger partial charge in [0.2, 0.25) is 5.91 Å². The highest BCUT2D eigenvalue weighted by Crippen LogP contribution is 1.94. The highest BCUT2D eigenvalue weighted by molar-refractivity contribution is 5.81. The van der Waals surface area contributed by atoms with Gasteiger partial charge in [-0.3, -0.25) is 9.59 Å². The molecule has 0 aromatic rings. The van der Waals surface area contributed by atoms with E-state index < -0.39 is 12.0 Å². The van der Waals surface area contributed by atoms with Crippen molar-refractivity contribution >= 4 is 17.9 Å².